The molecule has 0 unspecified atom stereocenters. The summed E-state index contributed by atoms with van der Waals surface area (Å²) in [5.41, 5.74) is 7.73. The molecule has 0 bridgehead atoms. The molecule has 0 amide bonds. The molecule has 1 aromatic carbocycles. The van der Waals surface area contributed by atoms with E-state index in [0.717, 1.165) is 5.69 Å². The lowest BCUT2D eigenvalue weighted by Gasteiger charge is -2.07. The van der Waals surface area contributed by atoms with Crippen molar-refractivity contribution in [1.82, 2.24) is 9.78 Å². The van der Waals surface area contributed by atoms with Crippen molar-refractivity contribution in [2.24, 2.45) is 5.14 Å². The lowest BCUT2D eigenvalue weighted by atomic mass is 10.1. The summed E-state index contributed by atoms with van der Waals surface area (Å²) in [4.78, 5) is -0.00927. The normalized spacial score (nSPS) is 12.0. The van der Waals surface area contributed by atoms with E-state index < -0.39 is 10.0 Å². The lowest BCUT2D eigenvalue weighted by molar-refractivity contribution is 0.598. The number of hydrogen-bond acceptors (Lipinski definition) is 4. The zero-order chi connectivity index (χ0) is 14.2. The molecule has 7 heteroatoms. The summed E-state index contributed by atoms with van der Waals surface area (Å²) in [6.45, 7) is 4.08. The maximum atomic E-state index is 11.2. The first-order valence-corrected chi connectivity index (χ1v) is 7.32. The summed E-state index contributed by atoms with van der Waals surface area (Å²) < 4.78 is 24.1. The number of rotatable bonds is 3. The second-order valence-electron chi connectivity index (χ2n) is 4.61. The first-order chi connectivity index (χ1) is 8.79. The fourth-order valence-electron chi connectivity index (χ4n) is 1.70. The van der Waals surface area contributed by atoms with Gasteiger partial charge in [0.05, 0.1) is 22.0 Å². The van der Waals surface area contributed by atoms with Crippen molar-refractivity contribution in [3.8, 4) is 5.69 Å². The molecule has 0 saturated carbocycles. The van der Waals surface area contributed by atoms with Crippen molar-refractivity contribution < 1.29 is 8.42 Å². The van der Waals surface area contributed by atoms with E-state index in [1.807, 2.05) is 19.9 Å². The SMILES string of the molecule is CC(C)c1ccn(-c2ccc(S(N)(=O)=O)cc2N)n1. The number of aromatic nitrogens is 2. The van der Waals surface area contributed by atoms with E-state index in [1.165, 1.54) is 12.1 Å². The molecule has 0 radical (unpaired) electrons. The molecule has 6 nitrogen and oxygen atoms in total. The Bertz CT molecular complexity index is 704. The van der Waals surface area contributed by atoms with Crippen LogP contribution in [0.2, 0.25) is 0 Å². The highest BCUT2D eigenvalue weighted by Crippen LogP contribution is 2.21. The van der Waals surface area contributed by atoms with Gasteiger partial charge in [-0.2, -0.15) is 5.10 Å². The average Bonchev–Trinajstić information content (AvgIpc) is 2.76. The van der Waals surface area contributed by atoms with Crippen LogP contribution in [0.15, 0.2) is 35.4 Å². The minimum Gasteiger partial charge on any atom is -0.397 e. The molecule has 19 heavy (non-hydrogen) atoms. The third kappa shape index (κ3) is 2.77. The minimum absolute atomic E-state index is 0.00927. The molecule has 0 aliphatic heterocycles. The van der Waals surface area contributed by atoms with Crippen LogP contribution in [0.25, 0.3) is 5.69 Å². The van der Waals surface area contributed by atoms with Crippen molar-refractivity contribution in [2.45, 2.75) is 24.7 Å². The Morgan fingerprint density at radius 1 is 1.26 bits per heavy atom. The molecule has 0 atom stereocenters. The maximum Gasteiger partial charge on any atom is 0.238 e. The van der Waals surface area contributed by atoms with Gasteiger partial charge in [-0.15, -0.1) is 0 Å². The van der Waals surface area contributed by atoms with E-state index in [-0.39, 0.29) is 4.90 Å². The van der Waals surface area contributed by atoms with Gasteiger partial charge in [0.15, 0.2) is 0 Å². The topological polar surface area (TPSA) is 104 Å². The van der Waals surface area contributed by atoms with Gasteiger partial charge in [0.2, 0.25) is 10.0 Å². The molecular weight excluding hydrogens is 264 g/mol. The van der Waals surface area contributed by atoms with Gasteiger partial charge in [-0.05, 0) is 30.2 Å². The van der Waals surface area contributed by atoms with E-state index in [4.69, 9.17) is 10.9 Å². The summed E-state index contributed by atoms with van der Waals surface area (Å²) in [6.07, 6.45) is 1.79. The summed E-state index contributed by atoms with van der Waals surface area (Å²) in [6, 6.07) is 6.24. The molecule has 2 rings (SSSR count). The Kier molecular flexibility index (Phi) is 3.34. The third-order valence-corrected chi connectivity index (χ3v) is 3.69. The quantitative estimate of drug-likeness (QED) is 0.825. The van der Waals surface area contributed by atoms with Crippen LogP contribution in [0.5, 0.6) is 0 Å². The molecule has 1 heterocycles. The standard InChI is InChI=1S/C12H16N4O2S/c1-8(2)11-5-6-16(15-11)12-4-3-9(7-10(12)13)19(14,17)18/h3-8H,13H2,1-2H3,(H2,14,17,18). The largest absolute Gasteiger partial charge is 0.397 e. The Hall–Kier alpha value is -1.86. The van der Waals surface area contributed by atoms with Crippen LogP contribution in [0.1, 0.15) is 25.5 Å². The molecule has 2 aromatic rings. The van der Waals surface area contributed by atoms with Gasteiger partial charge in [0.1, 0.15) is 0 Å². The number of nitrogens with zero attached hydrogens (tertiary/aromatic N) is 2. The Morgan fingerprint density at radius 2 is 1.95 bits per heavy atom. The molecular formula is C12H16N4O2S. The number of hydrogen-bond donors (Lipinski definition) is 2. The molecule has 0 saturated heterocycles. The molecule has 1 aromatic heterocycles. The number of primary sulfonamides is 1. The zero-order valence-electron chi connectivity index (χ0n) is 10.7. The lowest BCUT2D eigenvalue weighted by Crippen LogP contribution is -2.13. The highest BCUT2D eigenvalue weighted by molar-refractivity contribution is 7.89. The average molecular weight is 280 g/mol. The fraction of sp³-hybridized carbons (Fsp3) is 0.250. The van der Waals surface area contributed by atoms with Gasteiger partial charge in [0.25, 0.3) is 0 Å². The molecule has 0 fully saturated rings. The van der Waals surface area contributed by atoms with E-state index in [2.05, 4.69) is 5.10 Å². The molecule has 0 aliphatic rings. The van der Waals surface area contributed by atoms with Gasteiger partial charge in [-0.1, -0.05) is 13.8 Å². The highest BCUT2D eigenvalue weighted by atomic mass is 32.2. The molecule has 0 spiro atoms. The minimum atomic E-state index is -3.74. The second-order valence-corrected chi connectivity index (χ2v) is 6.17. The van der Waals surface area contributed by atoms with E-state index in [9.17, 15) is 8.42 Å². The smallest absolute Gasteiger partial charge is 0.238 e. The summed E-state index contributed by atoms with van der Waals surface area (Å²) in [5, 5.41) is 9.44. The van der Waals surface area contributed by atoms with Crippen LogP contribution in [0.3, 0.4) is 0 Å². The van der Waals surface area contributed by atoms with Crippen LogP contribution in [0.4, 0.5) is 5.69 Å². The molecule has 4 N–H and O–H groups in total. The van der Waals surface area contributed by atoms with Gasteiger partial charge >= 0.3 is 0 Å². The Labute approximate surface area is 112 Å². The number of benzene rings is 1. The number of nitrogens with two attached hydrogens (primary N) is 2. The predicted molar refractivity (Wildman–Crippen MR) is 73.4 cm³/mol. The first-order valence-electron chi connectivity index (χ1n) is 5.77. The zero-order valence-corrected chi connectivity index (χ0v) is 11.6. The van der Waals surface area contributed by atoms with Crippen LogP contribution < -0.4 is 10.9 Å². The van der Waals surface area contributed by atoms with Crippen molar-refractivity contribution in [1.29, 1.82) is 0 Å². The monoisotopic (exact) mass is 280 g/mol. The van der Waals surface area contributed by atoms with Crippen LogP contribution >= 0.6 is 0 Å². The van der Waals surface area contributed by atoms with Crippen LogP contribution in [-0.2, 0) is 10.0 Å². The number of nitrogen functional groups attached to an aromatic ring is 1. The second kappa shape index (κ2) is 4.67. The number of sulfonamides is 1. The van der Waals surface area contributed by atoms with Gasteiger partial charge < -0.3 is 5.73 Å². The van der Waals surface area contributed by atoms with E-state index in [1.54, 1.807) is 16.9 Å². The van der Waals surface area contributed by atoms with Crippen LogP contribution in [0, 0.1) is 0 Å². The predicted octanol–water partition coefficient (Wildman–Crippen LogP) is 1.23. The van der Waals surface area contributed by atoms with Gasteiger partial charge in [-0.25, -0.2) is 18.2 Å². The Morgan fingerprint density at radius 3 is 2.42 bits per heavy atom. The van der Waals surface area contributed by atoms with E-state index in [0.29, 0.717) is 17.3 Å². The molecule has 0 aliphatic carbocycles. The van der Waals surface area contributed by atoms with Crippen molar-refractivity contribution >= 4 is 15.7 Å². The summed E-state index contributed by atoms with van der Waals surface area (Å²) in [5.74, 6) is 0.311. The van der Waals surface area contributed by atoms with Gasteiger partial charge in [-0.3, -0.25) is 0 Å². The Balaban J connectivity index is 2.46. The summed E-state index contributed by atoms with van der Waals surface area (Å²) >= 11 is 0. The third-order valence-electron chi connectivity index (χ3n) is 2.78. The maximum absolute atomic E-state index is 11.2. The van der Waals surface area contributed by atoms with Gasteiger partial charge in [0, 0.05) is 6.20 Å². The van der Waals surface area contributed by atoms with Crippen LogP contribution in [-0.4, -0.2) is 18.2 Å². The summed E-state index contributed by atoms with van der Waals surface area (Å²) in [7, 11) is -3.74. The first kappa shape index (κ1) is 13.6. The molecule has 102 valence electrons. The van der Waals surface area contributed by atoms with Crippen molar-refractivity contribution in [3.05, 3.63) is 36.2 Å². The number of anilines is 1. The van der Waals surface area contributed by atoms with E-state index >= 15 is 0 Å². The van der Waals surface area contributed by atoms with Crippen molar-refractivity contribution in [3.63, 3.8) is 0 Å². The fourth-order valence-corrected chi connectivity index (χ4v) is 2.25. The van der Waals surface area contributed by atoms with Crippen molar-refractivity contribution in [2.75, 3.05) is 5.73 Å². The highest BCUT2D eigenvalue weighted by Gasteiger charge is 2.12.